The molecule has 152 valence electrons. The van der Waals surface area contributed by atoms with E-state index in [1.807, 2.05) is 30.3 Å². The number of pyridine rings is 2. The molecular weight excluding hydrogens is 376 g/mol. The van der Waals surface area contributed by atoms with Crippen molar-refractivity contribution >= 4 is 17.4 Å². The number of benzene rings is 1. The average Bonchev–Trinajstić information content (AvgIpc) is 3.20. The summed E-state index contributed by atoms with van der Waals surface area (Å²) in [5.41, 5.74) is 4.67. The summed E-state index contributed by atoms with van der Waals surface area (Å²) < 4.78 is 1.70. The smallest absolute Gasteiger partial charge is 0.319 e. The van der Waals surface area contributed by atoms with Crippen molar-refractivity contribution in [1.82, 2.24) is 24.9 Å². The Kier molecular flexibility index (Phi) is 5.98. The van der Waals surface area contributed by atoms with Gasteiger partial charge in [-0.15, -0.1) is 5.10 Å². The molecule has 0 aliphatic heterocycles. The van der Waals surface area contributed by atoms with Gasteiger partial charge in [0.1, 0.15) is 0 Å². The third-order valence-electron chi connectivity index (χ3n) is 4.85. The molecule has 2 N–H and O–H groups in total. The Morgan fingerprint density at radius 1 is 1.07 bits per heavy atom. The van der Waals surface area contributed by atoms with Gasteiger partial charge in [-0.3, -0.25) is 4.98 Å². The van der Waals surface area contributed by atoms with Crippen molar-refractivity contribution < 1.29 is 4.79 Å². The lowest BCUT2D eigenvalue weighted by Crippen LogP contribution is -2.28. The second kappa shape index (κ2) is 9.17. The van der Waals surface area contributed by atoms with Gasteiger partial charge in [0.15, 0.2) is 11.5 Å². The maximum atomic E-state index is 12.2. The van der Waals surface area contributed by atoms with Crippen molar-refractivity contribution in [3.8, 4) is 11.4 Å². The van der Waals surface area contributed by atoms with Crippen molar-refractivity contribution in [3.63, 3.8) is 0 Å². The molecule has 2 amide bonds. The predicted octanol–water partition coefficient (Wildman–Crippen LogP) is 4.46. The fraction of sp³-hybridized carbons (Fsp3) is 0.217. The molecule has 7 heteroatoms. The van der Waals surface area contributed by atoms with Crippen LogP contribution < -0.4 is 10.6 Å². The number of nitrogens with zero attached hydrogens (tertiary/aromatic N) is 4. The number of aryl methyl sites for hydroxylation is 1. The first-order valence-electron chi connectivity index (χ1n) is 10.1. The molecule has 0 aliphatic carbocycles. The quantitative estimate of drug-likeness (QED) is 0.480. The van der Waals surface area contributed by atoms with E-state index in [0.717, 1.165) is 36.0 Å². The Balaban J connectivity index is 1.48. The summed E-state index contributed by atoms with van der Waals surface area (Å²) in [6.07, 6.45) is 8.45. The van der Waals surface area contributed by atoms with Crippen LogP contribution in [-0.4, -0.2) is 25.6 Å². The van der Waals surface area contributed by atoms with Gasteiger partial charge in [-0.1, -0.05) is 37.6 Å². The number of aromatic nitrogens is 4. The van der Waals surface area contributed by atoms with Gasteiger partial charge in [-0.2, -0.15) is 0 Å². The van der Waals surface area contributed by atoms with E-state index in [2.05, 4.69) is 50.8 Å². The van der Waals surface area contributed by atoms with Gasteiger partial charge in [-0.25, -0.2) is 14.3 Å². The number of amides is 2. The molecule has 4 aromatic rings. The molecule has 4 rings (SSSR count). The minimum Gasteiger partial charge on any atom is -0.334 e. The molecule has 0 saturated heterocycles. The SMILES string of the molecule is CCCCc1ccccc1-c1nc2ccc(NC(=O)NCc3ccncc3)cn2n1. The molecule has 30 heavy (non-hydrogen) atoms. The Hall–Kier alpha value is -3.74. The summed E-state index contributed by atoms with van der Waals surface area (Å²) in [6, 6.07) is 15.4. The molecule has 1 aromatic carbocycles. The normalized spacial score (nSPS) is 10.8. The zero-order valence-electron chi connectivity index (χ0n) is 16.9. The molecule has 0 fully saturated rings. The van der Waals surface area contributed by atoms with E-state index in [1.54, 1.807) is 23.1 Å². The van der Waals surface area contributed by atoms with Gasteiger partial charge >= 0.3 is 6.03 Å². The lowest BCUT2D eigenvalue weighted by atomic mass is 10.0. The van der Waals surface area contributed by atoms with Crippen LogP contribution in [0.25, 0.3) is 17.0 Å². The summed E-state index contributed by atoms with van der Waals surface area (Å²) >= 11 is 0. The Bertz CT molecular complexity index is 1140. The lowest BCUT2D eigenvalue weighted by molar-refractivity contribution is 0.251. The predicted molar refractivity (Wildman–Crippen MR) is 117 cm³/mol. The Morgan fingerprint density at radius 2 is 1.90 bits per heavy atom. The van der Waals surface area contributed by atoms with E-state index in [4.69, 9.17) is 0 Å². The van der Waals surface area contributed by atoms with E-state index in [-0.39, 0.29) is 6.03 Å². The minimum absolute atomic E-state index is 0.281. The lowest BCUT2D eigenvalue weighted by Gasteiger charge is -2.07. The number of unbranched alkanes of at least 4 members (excludes halogenated alkanes) is 1. The number of nitrogens with one attached hydrogen (secondary N) is 2. The molecule has 0 bridgehead atoms. The number of hydrogen-bond acceptors (Lipinski definition) is 4. The zero-order chi connectivity index (χ0) is 20.8. The number of carbonyl (C=O) groups excluding carboxylic acids is 1. The molecule has 3 heterocycles. The highest BCUT2D eigenvalue weighted by atomic mass is 16.2. The molecule has 7 nitrogen and oxygen atoms in total. The second-order valence-corrected chi connectivity index (χ2v) is 7.08. The fourth-order valence-corrected chi connectivity index (χ4v) is 3.25. The highest BCUT2D eigenvalue weighted by Gasteiger charge is 2.11. The van der Waals surface area contributed by atoms with E-state index in [0.29, 0.717) is 18.1 Å². The van der Waals surface area contributed by atoms with Gasteiger partial charge in [0.2, 0.25) is 0 Å². The van der Waals surface area contributed by atoms with Crippen LogP contribution in [0.15, 0.2) is 67.1 Å². The standard InChI is InChI=1S/C23H24N6O/c1-2-3-6-18-7-4-5-8-20(18)22-27-21-10-9-19(16-29(21)28-22)26-23(30)25-15-17-11-13-24-14-12-17/h4-5,7-14,16H,2-3,6,15H2,1H3,(H2,25,26,30). The monoisotopic (exact) mass is 400 g/mol. The van der Waals surface area contributed by atoms with Crippen LogP contribution in [0, 0.1) is 0 Å². The van der Waals surface area contributed by atoms with E-state index >= 15 is 0 Å². The van der Waals surface area contributed by atoms with Gasteiger partial charge in [0.25, 0.3) is 0 Å². The maximum Gasteiger partial charge on any atom is 0.319 e. The van der Waals surface area contributed by atoms with E-state index in [1.165, 1.54) is 5.56 Å². The average molecular weight is 400 g/mol. The summed E-state index contributed by atoms with van der Waals surface area (Å²) in [5, 5.41) is 10.3. The first kappa shape index (κ1) is 19.6. The van der Waals surface area contributed by atoms with Crippen LogP contribution >= 0.6 is 0 Å². The molecule has 3 aromatic heterocycles. The number of anilines is 1. The van der Waals surface area contributed by atoms with Crippen molar-refractivity contribution in [3.05, 3.63) is 78.2 Å². The molecule has 0 aliphatic rings. The van der Waals surface area contributed by atoms with Gasteiger partial charge < -0.3 is 10.6 Å². The van der Waals surface area contributed by atoms with Crippen LogP contribution in [0.3, 0.4) is 0 Å². The largest absolute Gasteiger partial charge is 0.334 e. The van der Waals surface area contributed by atoms with Crippen molar-refractivity contribution in [2.45, 2.75) is 32.7 Å². The van der Waals surface area contributed by atoms with Crippen LogP contribution in [-0.2, 0) is 13.0 Å². The maximum absolute atomic E-state index is 12.2. The topological polar surface area (TPSA) is 84.2 Å². The molecule has 0 spiro atoms. The minimum atomic E-state index is -0.281. The highest BCUT2D eigenvalue weighted by Crippen LogP contribution is 2.23. The number of fused-ring (bicyclic) bond motifs is 1. The number of carbonyl (C=O) groups is 1. The van der Waals surface area contributed by atoms with E-state index < -0.39 is 0 Å². The Labute approximate surface area is 175 Å². The summed E-state index contributed by atoms with van der Waals surface area (Å²) in [6.45, 7) is 2.62. The van der Waals surface area contributed by atoms with Crippen LogP contribution in [0.5, 0.6) is 0 Å². The van der Waals surface area contributed by atoms with Crippen molar-refractivity contribution in [2.24, 2.45) is 0 Å². The molecule has 0 saturated carbocycles. The number of urea groups is 1. The molecule has 0 unspecified atom stereocenters. The first-order chi connectivity index (χ1) is 14.7. The van der Waals surface area contributed by atoms with Crippen LogP contribution in [0.2, 0.25) is 0 Å². The van der Waals surface area contributed by atoms with Crippen LogP contribution in [0.4, 0.5) is 10.5 Å². The third kappa shape index (κ3) is 4.63. The third-order valence-corrected chi connectivity index (χ3v) is 4.85. The summed E-state index contributed by atoms with van der Waals surface area (Å²) in [4.78, 5) is 20.8. The highest BCUT2D eigenvalue weighted by molar-refractivity contribution is 5.89. The van der Waals surface area contributed by atoms with Crippen LogP contribution in [0.1, 0.15) is 30.9 Å². The van der Waals surface area contributed by atoms with Gasteiger partial charge in [0.05, 0.1) is 11.9 Å². The number of hydrogen-bond donors (Lipinski definition) is 2. The molecule has 0 radical (unpaired) electrons. The second-order valence-electron chi connectivity index (χ2n) is 7.08. The summed E-state index contributed by atoms with van der Waals surface area (Å²) in [7, 11) is 0. The molecule has 0 atom stereocenters. The van der Waals surface area contributed by atoms with Crippen molar-refractivity contribution in [1.29, 1.82) is 0 Å². The van der Waals surface area contributed by atoms with Gasteiger partial charge in [-0.05, 0) is 48.2 Å². The first-order valence-corrected chi connectivity index (χ1v) is 10.1. The fourth-order valence-electron chi connectivity index (χ4n) is 3.25. The van der Waals surface area contributed by atoms with Gasteiger partial charge in [0, 0.05) is 24.5 Å². The molecular formula is C23H24N6O. The summed E-state index contributed by atoms with van der Waals surface area (Å²) in [5.74, 6) is 0.695. The van der Waals surface area contributed by atoms with Crippen molar-refractivity contribution in [2.75, 3.05) is 5.32 Å². The Morgan fingerprint density at radius 3 is 2.73 bits per heavy atom. The van der Waals surface area contributed by atoms with E-state index in [9.17, 15) is 4.79 Å². The number of rotatable bonds is 7. The zero-order valence-corrected chi connectivity index (χ0v) is 16.9.